The topological polar surface area (TPSA) is 12.5 Å². The van der Waals surface area contributed by atoms with Crippen LogP contribution in [0.3, 0.4) is 0 Å². The Hall–Kier alpha value is -0.500. The Morgan fingerprint density at radius 3 is 2.67 bits per heavy atom. The molecule has 0 fully saturated rings. The molecule has 0 aromatic heterocycles. The van der Waals surface area contributed by atoms with Gasteiger partial charge in [0.05, 0.1) is 6.61 Å². The van der Waals surface area contributed by atoms with E-state index in [-0.39, 0.29) is 0 Å². The van der Waals surface area contributed by atoms with Crippen LogP contribution in [-0.2, 0) is 4.74 Å². The molecule has 72 valence electrons. The standard InChI is InChI=1S/C10H21NO/c1-5-6-7-10(2)11(3)8-9-12-4/h7H,5-6,8-9H2,1-4H3/b10-7+. The van der Waals surface area contributed by atoms with E-state index in [0.29, 0.717) is 0 Å². The average molecular weight is 171 g/mol. The number of likely N-dealkylation sites (N-methyl/N-ethyl adjacent to an activating group) is 1. The minimum atomic E-state index is 0.799. The van der Waals surface area contributed by atoms with Crippen molar-refractivity contribution in [2.45, 2.75) is 26.7 Å². The van der Waals surface area contributed by atoms with Crippen molar-refractivity contribution in [3.8, 4) is 0 Å². The molecule has 2 heteroatoms. The van der Waals surface area contributed by atoms with Crippen LogP contribution in [0.5, 0.6) is 0 Å². The maximum Gasteiger partial charge on any atom is 0.0637 e. The van der Waals surface area contributed by atoms with E-state index in [1.54, 1.807) is 7.11 Å². The molecule has 0 aromatic rings. The van der Waals surface area contributed by atoms with Crippen molar-refractivity contribution in [3.05, 3.63) is 11.8 Å². The second-order valence-corrected chi connectivity index (χ2v) is 3.05. The van der Waals surface area contributed by atoms with Gasteiger partial charge in [-0.2, -0.15) is 0 Å². The SMILES string of the molecule is CCC/C=C(\C)N(C)CCOC. The highest BCUT2D eigenvalue weighted by Crippen LogP contribution is 2.02. The van der Waals surface area contributed by atoms with Gasteiger partial charge in [-0.15, -0.1) is 0 Å². The van der Waals surface area contributed by atoms with Crippen molar-refractivity contribution in [1.29, 1.82) is 0 Å². The fourth-order valence-electron chi connectivity index (χ4n) is 0.914. The number of hydrogen-bond donors (Lipinski definition) is 0. The molecule has 2 nitrogen and oxygen atoms in total. The monoisotopic (exact) mass is 171 g/mol. The Balaban J connectivity index is 3.66. The first-order valence-corrected chi connectivity index (χ1v) is 4.59. The quantitative estimate of drug-likeness (QED) is 0.608. The van der Waals surface area contributed by atoms with Crippen LogP contribution >= 0.6 is 0 Å². The summed E-state index contributed by atoms with van der Waals surface area (Å²) in [6.45, 7) is 6.11. The maximum absolute atomic E-state index is 5.00. The van der Waals surface area contributed by atoms with E-state index >= 15 is 0 Å². The molecule has 0 aliphatic heterocycles. The zero-order valence-corrected chi connectivity index (χ0v) is 8.76. The van der Waals surface area contributed by atoms with Crippen LogP contribution in [0, 0.1) is 0 Å². The highest BCUT2D eigenvalue weighted by Gasteiger charge is 1.96. The fourth-order valence-corrected chi connectivity index (χ4v) is 0.914. The van der Waals surface area contributed by atoms with Gasteiger partial charge < -0.3 is 9.64 Å². The second-order valence-electron chi connectivity index (χ2n) is 3.05. The molecule has 0 spiro atoms. The largest absolute Gasteiger partial charge is 0.383 e. The highest BCUT2D eigenvalue weighted by molar-refractivity contribution is 4.95. The summed E-state index contributed by atoms with van der Waals surface area (Å²) in [6, 6.07) is 0. The van der Waals surface area contributed by atoms with Crippen LogP contribution in [0.25, 0.3) is 0 Å². The van der Waals surface area contributed by atoms with Crippen LogP contribution in [0.4, 0.5) is 0 Å². The Bertz CT molecular complexity index is 132. The van der Waals surface area contributed by atoms with Crippen molar-refractivity contribution in [1.82, 2.24) is 4.90 Å². The molecule has 0 N–H and O–H groups in total. The normalized spacial score (nSPS) is 11.8. The molecule has 0 amide bonds. The summed E-state index contributed by atoms with van der Waals surface area (Å²) in [7, 11) is 3.83. The molecular formula is C10H21NO. The number of nitrogens with zero attached hydrogens (tertiary/aromatic N) is 1. The fraction of sp³-hybridized carbons (Fsp3) is 0.800. The van der Waals surface area contributed by atoms with Gasteiger partial charge in [-0.05, 0) is 13.3 Å². The number of methoxy groups -OCH3 is 1. The number of ether oxygens (including phenoxy) is 1. The zero-order valence-electron chi connectivity index (χ0n) is 8.76. The Labute approximate surface area is 76.2 Å². The summed E-state index contributed by atoms with van der Waals surface area (Å²) < 4.78 is 5.00. The second kappa shape index (κ2) is 7.17. The molecule has 0 bridgehead atoms. The van der Waals surface area contributed by atoms with Crippen LogP contribution in [0.1, 0.15) is 26.7 Å². The smallest absolute Gasteiger partial charge is 0.0637 e. The Kier molecular flexibility index (Phi) is 6.87. The minimum absolute atomic E-state index is 0.799. The lowest BCUT2D eigenvalue weighted by Crippen LogP contribution is -2.20. The van der Waals surface area contributed by atoms with Gasteiger partial charge in [0, 0.05) is 26.4 Å². The first-order valence-electron chi connectivity index (χ1n) is 4.59. The summed E-state index contributed by atoms with van der Waals surface area (Å²) in [5, 5.41) is 0. The van der Waals surface area contributed by atoms with Crippen LogP contribution in [0.15, 0.2) is 11.8 Å². The Morgan fingerprint density at radius 2 is 2.17 bits per heavy atom. The van der Waals surface area contributed by atoms with Gasteiger partial charge in [-0.3, -0.25) is 0 Å². The molecule has 0 aliphatic carbocycles. The minimum Gasteiger partial charge on any atom is -0.383 e. The molecule has 0 saturated carbocycles. The van der Waals surface area contributed by atoms with Crippen molar-refractivity contribution in [2.24, 2.45) is 0 Å². The lowest BCUT2D eigenvalue weighted by Gasteiger charge is -2.19. The average Bonchev–Trinajstić information content (AvgIpc) is 2.10. The highest BCUT2D eigenvalue weighted by atomic mass is 16.5. The van der Waals surface area contributed by atoms with Crippen molar-refractivity contribution in [2.75, 3.05) is 27.3 Å². The number of rotatable bonds is 6. The van der Waals surface area contributed by atoms with Gasteiger partial charge in [-0.1, -0.05) is 19.4 Å². The summed E-state index contributed by atoms with van der Waals surface area (Å²) in [5.41, 5.74) is 1.34. The zero-order chi connectivity index (χ0) is 9.40. The molecule has 0 rings (SSSR count). The number of unbranched alkanes of at least 4 members (excludes halogenated alkanes) is 1. The number of allylic oxidation sites excluding steroid dienone is 2. The van der Waals surface area contributed by atoms with Crippen molar-refractivity contribution < 1.29 is 4.74 Å². The Morgan fingerprint density at radius 1 is 1.50 bits per heavy atom. The van der Waals surface area contributed by atoms with E-state index in [2.05, 4.69) is 31.9 Å². The maximum atomic E-state index is 5.00. The van der Waals surface area contributed by atoms with E-state index in [1.807, 2.05) is 0 Å². The van der Waals surface area contributed by atoms with E-state index in [0.717, 1.165) is 13.2 Å². The predicted octanol–water partition coefficient (Wildman–Crippen LogP) is 2.27. The van der Waals surface area contributed by atoms with Gasteiger partial charge in [-0.25, -0.2) is 0 Å². The summed E-state index contributed by atoms with van der Waals surface area (Å²) in [6.07, 6.45) is 4.66. The van der Waals surface area contributed by atoms with E-state index in [1.165, 1.54) is 18.5 Å². The summed E-state index contributed by atoms with van der Waals surface area (Å²) in [4.78, 5) is 2.22. The van der Waals surface area contributed by atoms with E-state index in [4.69, 9.17) is 4.74 Å². The lowest BCUT2D eigenvalue weighted by atomic mass is 10.3. The van der Waals surface area contributed by atoms with Crippen molar-refractivity contribution in [3.63, 3.8) is 0 Å². The van der Waals surface area contributed by atoms with Crippen LogP contribution in [-0.4, -0.2) is 32.2 Å². The third-order valence-corrected chi connectivity index (χ3v) is 1.96. The molecular weight excluding hydrogens is 150 g/mol. The third kappa shape index (κ3) is 5.19. The van der Waals surface area contributed by atoms with Crippen LogP contribution < -0.4 is 0 Å². The van der Waals surface area contributed by atoms with Gasteiger partial charge in [0.25, 0.3) is 0 Å². The molecule has 12 heavy (non-hydrogen) atoms. The first-order chi connectivity index (χ1) is 5.72. The predicted molar refractivity (Wildman–Crippen MR) is 53.2 cm³/mol. The first kappa shape index (κ1) is 11.5. The summed E-state index contributed by atoms with van der Waals surface area (Å²) >= 11 is 0. The van der Waals surface area contributed by atoms with E-state index in [9.17, 15) is 0 Å². The van der Waals surface area contributed by atoms with Crippen molar-refractivity contribution >= 4 is 0 Å². The molecule has 0 aromatic carbocycles. The molecule has 0 radical (unpaired) electrons. The molecule has 0 saturated heterocycles. The van der Waals surface area contributed by atoms with Crippen LogP contribution in [0.2, 0.25) is 0 Å². The third-order valence-electron chi connectivity index (χ3n) is 1.96. The summed E-state index contributed by atoms with van der Waals surface area (Å²) in [5.74, 6) is 0. The molecule has 0 aliphatic rings. The molecule has 0 heterocycles. The molecule has 0 atom stereocenters. The van der Waals surface area contributed by atoms with Gasteiger partial charge >= 0.3 is 0 Å². The van der Waals surface area contributed by atoms with Gasteiger partial charge in [0.1, 0.15) is 0 Å². The lowest BCUT2D eigenvalue weighted by molar-refractivity contribution is 0.173. The van der Waals surface area contributed by atoms with Gasteiger partial charge in [0.2, 0.25) is 0 Å². The number of hydrogen-bond acceptors (Lipinski definition) is 2. The van der Waals surface area contributed by atoms with E-state index < -0.39 is 0 Å². The molecule has 0 unspecified atom stereocenters. The van der Waals surface area contributed by atoms with Gasteiger partial charge in [0.15, 0.2) is 0 Å².